The maximum Gasteiger partial charge on any atom is 0.200 e. The fourth-order valence-corrected chi connectivity index (χ4v) is 3.70. The summed E-state index contributed by atoms with van der Waals surface area (Å²) in [5.74, 6) is 2.24. The van der Waals surface area contributed by atoms with E-state index in [1.165, 1.54) is 0 Å². The highest BCUT2D eigenvalue weighted by molar-refractivity contribution is 5.65. The Kier molecular flexibility index (Phi) is 6.23. The molecule has 0 radical (unpaired) electrons. The van der Waals surface area contributed by atoms with Crippen molar-refractivity contribution in [1.29, 1.82) is 0 Å². The van der Waals surface area contributed by atoms with Crippen molar-refractivity contribution < 1.29 is 18.9 Å². The van der Waals surface area contributed by atoms with Crippen molar-refractivity contribution in [1.82, 2.24) is 9.78 Å². The summed E-state index contributed by atoms with van der Waals surface area (Å²) >= 11 is 0. The standard InChI is InChI=1S/C24H28N2O4/c1-4-19-15-20(26(25-19)16-18-8-5-6-9-21(18)27-2)17-11-12-22(28-3)23(14-17)30-24-10-7-13-29-24/h5-6,8-9,11-12,14-15,24H,4,7,10,13,16H2,1-3H3. The van der Waals surface area contributed by atoms with Crippen LogP contribution in [-0.2, 0) is 17.7 Å². The highest BCUT2D eigenvalue weighted by Crippen LogP contribution is 2.35. The van der Waals surface area contributed by atoms with Crippen molar-refractivity contribution >= 4 is 0 Å². The molecule has 3 aromatic rings. The smallest absolute Gasteiger partial charge is 0.200 e. The number of methoxy groups -OCH3 is 2. The molecule has 1 saturated heterocycles. The van der Waals surface area contributed by atoms with Crippen LogP contribution in [0.25, 0.3) is 11.3 Å². The molecule has 0 spiro atoms. The first-order valence-corrected chi connectivity index (χ1v) is 10.4. The van der Waals surface area contributed by atoms with Crippen LogP contribution in [0.4, 0.5) is 0 Å². The minimum Gasteiger partial charge on any atom is -0.496 e. The third-order valence-electron chi connectivity index (χ3n) is 5.31. The summed E-state index contributed by atoms with van der Waals surface area (Å²) in [6, 6.07) is 16.1. The van der Waals surface area contributed by atoms with Crippen molar-refractivity contribution in [2.45, 2.75) is 39.0 Å². The van der Waals surface area contributed by atoms with Crippen molar-refractivity contribution in [3.63, 3.8) is 0 Å². The van der Waals surface area contributed by atoms with Gasteiger partial charge in [0.1, 0.15) is 5.75 Å². The minimum absolute atomic E-state index is 0.223. The van der Waals surface area contributed by atoms with Gasteiger partial charge in [-0.1, -0.05) is 25.1 Å². The topological polar surface area (TPSA) is 54.7 Å². The van der Waals surface area contributed by atoms with Gasteiger partial charge in [-0.25, -0.2) is 0 Å². The second-order valence-electron chi connectivity index (χ2n) is 7.27. The average molecular weight is 408 g/mol. The predicted molar refractivity (Wildman–Crippen MR) is 115 cm³/mol. The van der Waals surface area contributed by atoms with Gasteiger partial charge in [0, 0.05) is 17.5 Å². The number of para-hydroxylation sites is 1. The quantitative estimate of drug-likeness (QED) is 0.541. The van der Waals surface area contributed by atoms with E-state index in [0.29, 0.717) is 18.0 Å². The normalized spacial score (nSPS) is 15.9. The number of hydrogen-bond acceptors (Lipinski definition) is 5. The summed E-state index contributed by atoms with van der Waals surface area (Å²) < 4.78 is 24.8. The molecule has 1 aliphatic rings. The molecule has 6 heteroatoms. The lowest BCUT2D eigenvalue weighted by atomic mass is 10.1. The van der Waals surface area contributed by atoms with E-state index in [4.69, 9.17) is 24.0 Å². The Bertz CT molecular complexity index is 993. The minimum atomic E-state index is -0.223. The van der Waals surface area contributed by atoms with E-state index in [0.717, 1.165) is 54.1 Å². The van der Waals surface area contributed by atoms with Gasteiger partial charge in [-0.15, -0.1) is 0 Å². The van der Waals surface area contributed by atoms with Crippen LogP contribution in [0, 0.1) is 0 Å². The second-order valence-corrected chi connectivity index (χ2v) is 7.27. The van der Waals surface area contributed by atoms with Crippen molar-refractivity contribution in [2.75, 3.05) is 20.8 Å². The molecule has 0 amide bonds. The maximum atomic E-state index is 6.09. The summed E-state index contributed by atoms with van der Waals surface area (Å²) in [6.45, 7) is 3.46. The molecule has 0 aliphatic carbocycles. The molecule has 0 saturated carbocycles. The summed E-state index contributed by atoms with van der Waals surface area (Å²) in [4.78, 5) is 0. The van der Waals surface area contributed by atoms with Crippen LogP contribution in [0.1, 0.15) is 31.0 Å². The lowest BCUT2D eigenvalue weighted by Crippen LogP contribution is -2.14. The molecule has 4 rings (SSSR count). The van der Waals surface area contributed by atoms with Gasteiger partial charge in [0.25, 0.3) is 0 Å². The van der Waals surface area contributed by atoms with E-state index >= 15 is 0 Å². The molecule has 2 aromatic carbocycles. The molecule has 1 atom stereocenters. The molecule has 2 heterocycles. The van der Waals surface area contributed by atoms with E-state index in [2.05, 4.69) is 19.1 Å². The molecule has 30 heavy (non-hydrogen) atoms. The number of rotatable bonds is 8. The largest absolute Gasteiger partial charge is 0.496 e. The molecule has 1 unspecified atom stereocenters. The highest BCUT2D eigenvalue weighted by atomic mass is 16.7. The number of ether oxygens (including phenoxy) is 4. The Labute approximate surface area is 177 Å². The zero-order chi connectivity index (χ0) is 20.9. The van der Waals surface area contributed by atoms with Crippen LogP contribution < -0.4 is 14.2 Å². The van der Waals surface area contributed by atoms with E-state index < -0.39 is 0 Å². The summed E-state index contributed by atoms with van der Waals surface area (Å²) in [5, 5.41) is 4.82. The Morgan fingerprint density at radius 3 is 2.60 bits per heavy atom. The molecule has 1 fully saturated rings. The first kappa shape index (κ1) is 20.3. The molecule has 1 aliphatic heterocycles. The van der Waals surface area contributed by atoms with Crippen LogP contribution in [0.2, 0.25) is 0 Å². The van der Waals surface area contributed by atoms with E-state index in [1.54, 1.807) is 14.2 Å². The van der Waals surface area contributed by atoms with Gasteiger partial charge >= 0.3 is 0 Å². The van der Waals surface area contributed by atoms with Crippen molar-refractivity contribution in [3.8, 4) is 28.5 Å². The van der Waals surface area contributed by atoms with E-state index in [1.807, 2.05) is 41.1 Å². The highest BCUT2D eigenvalue weighted by Gasteiger charge is 2.20. The monoisotopic (exact) mass is 408 g/mol. The summed E-state index contributed by atoms with van der Waals surface area (Å²) in [5.41, 5.74) is 4.16. The van der Waals surface area contributed by atoms with Crippen LogP contribution in [0.3, 0.4) is 0 Å². The average Bonchev–Trinajstić information content (AvgIpc) is 3.44. The van der Waals surface area contributed by atoms with Gasteiger partial charge in [-0.05, 0) is 43.2 Å². The Balaban J connectivity index is 1.70. The van der Waals surface area contributed by atoms with Crippen molar-refractivity contribution in [2.24, 2.45) is 0 Å². The number of aryl methyl sites for hydroxylation is 1. The van der Waals surface area contributed by atoms with E-state index in [9.17, 15) is 0 Å². The lowest BCUT2D eigenvalue weighted by molar-refractivity contribution is -0.0402. The molecule has 158 valence electrons. The summed E-state index contributed by atoms with van der Waals surface area (Å²) in [6.07, 6.45) is 2.54. The van der Waals surface area contributed by atoms with Crippen molar-refractivity contribution in [3.05, 3.63) is 59.8 Å². The fourth-order valence-electron chi connectivity index (χ4n) is 3.70. The SMILES string of the molecule is CCc1cc(-c2ccc(OC)c(OC3CCCO3)c2)n(Cc2ccccc2OC)n1. The van der Waals surface area contributed by atoms with Crippen LogP contribution in [-0.4, -0.2) is 36.9 Å². The number of benzene rings is 2. The molecule has 0 N–H and O–H groups in total. The van der Waals surface area contributed by atoms with Crippen LogP contribution >= 0.6 is 0 Å². The Morgan fingerprint density at radius 1 is 1.03 bits per heavy atom. The van der Waals surface area contributed by atoms with Gasteiger partial charge in [-0.2, -0.15) is 5.10 Å². The van der Waals surface area contributed by atoms with Gasteiger partial charge in [0.15, 0.2) is 17.8 Å². The fraction of sp³-hybridized carbons (Fsp3) is 0.375. The predicted octanol–water partition coefficient (Wildman–Crippen LogP) is 4.69. The Hall–Kier alpha value is -2.99. The lowest BCUT2D eigenvalue weighted by Gasteiger charge is -2.17. The van der Waals surface area contributed by atoms with Gasteiger partial charge < -0.3 is 18.9 Å². The van der Waals surface area contributed by atoms with E-state index in [-0.39, 0.29) is 6.29 Å². The molecular formula is C24H28N2O4. The molecule has 1 aromatic heterocycles. The zero-order valence-corrected chi connectivity index (χ0v) is 17.8. The number of aromatic nitrogens is 2. The van der Waals surface area contributed by atoms with Crippen LogP contribution in [0.15, 0.2) is 48.5 Å². The zero-order valence-electron chi connectivity index (χ0n) is 17.8. The maximum absolute atomic E-state index is 6.09. The Morgan fingerprint density at radius 2 is 1.87 bits per heavy atom. The summed E-state index contributed by atoms with van der Waals surface area (Å²) in [7, 11) is 3.34. The second kappa shape index (κ2) is 9.22. The van der Waals surface area contributed by atoms with Gasteiger partial charge in [0.05, 0.1) is 38.8 Å². The van der Waals surface area contributed by atoms with Crippen LogP contribution in [0.5, 0.6) is 17.2 Å². The third-order valence-corrected chi connectivity index (χ3v) is 5.31. The molecule has 6 nitrogen and oxygen atoms in total. The first-order chi connectivity index (χ1) is 14.7. The first-order valence-electron chi connectivity index (χ1n) is 10.4. The van der Waals surface area contributed by atoms with Gasteiger partial charge in [0.2, 0.25) is 0 Å². The van der Waals surface area contributed by atoms with Gasteiger partial charge in [-0.3, -0.25) is 4.68 Å². The molecular weight excluding hydrogens is 380 g/mol. The third kappa shape index (κ3) is 4.28. The molecule has 0 bridgehead atoms. The number of hydrogen-bond donors (Lipinski definition) is 0. The number of nitrogens with zero attached hydrogens (tertiary/aromatic N) is 2.